The fraction of sp³-hybridized carbons (Fsp3) is 0.615. The van der Waals surface area contributed by atoms with Crippen LogP contribution in [0.2, 0.25) is 0 Å². The highest BCUT2D eigenvalue weighted by Crippen LogP contribution is 2.53. The van der Waals surface area contributed by atoms with Crippen molar-refractivity contribution in [3.63, 3.8) is 0 Å². The number of para-hydroxylation sites is 1. The number of hydrogen-bond donors (Lipinski definition) is 0. The molecule has 2 unspecified atom stereocenters. The zero-order valence-electron chi connectivity index (χ0n) is 18.0. The number of allylic oxidation sites excluding steroid dienone is 2. The molecule has 2 heterocycles. The Hall–Kier alpha value is -1.70. The van der Waals surface area contributed by atoms with Gasteiger partial charge in [-0.05, 0) is 76.0 Å². The molecule has 0 spiro atoms. The van der Waals surface area contributed by atoms with Crippen LogP contribution in [0.25, 0.3) is 0 Å². The van der Waals surface area contributed by atoms with Crippen LogP contribution in [0.5, 0.6) is 0 Å². The van der Waals surface area contributed by atoms with E-state index in [0.29, 0.717) is 6.17 Å². The number of anilines is 1. The molecule has 28 heavy (non-hydrogen) atoms. The van der Waals surface area contributed by atoms with Crippen LogP contribution in [0.4, 0.5) is 5.69 Å². The molecule has 0 amide bonds. The molecule has 2 aliphatic carbocycles. The van der Waals surface area contributed by atoms with Crippen LogP contribution in [0.3, 0.4) is 0 Å². The Morgan fingerprint density at radius 1 is 0.893 bits per heavy atom. The first-order chi connectivity index (χ1) is 13.6. The van der Waals surface area contributed by atoms with Gasteiger partial charge in [-0.25, -0.2) is 0 Å². The van der Waals surface area contributed by atoms with Gasteiger partial charge in [0.15, 0.2) is 0 Å². The molecule has 2 aliphatic heterocycles. The third kappa shape index (κ3) is 2.67. The molecule has 0 bridgehead atoms. The summed E-state index contributed by atoms with van der Waals surface area (Å²) in [6.45, 7) is 7.18. The van der Waals surface area contributed by atoms with Crippen molar-refractivity contribution in [1.29, 1.82) is 0 Å². The molecule has 2 fully saturated rings. The average Bonchev–Trinajstić information content (AvgIpc) is 3.42. The number of hydrogen-bond acceptors (Lipinski definition) is 2. The average molecular weight is 377 g/mol. The third-order valence-corrected chi connectivity index (χ3v) is 8.25. The van der Waals surface area contributed by atoms with Crippen molar-refractivity contribution in [3.8, 4) is 0 Å². The van der Waals surface area contributed by atoms with Crippen LogP contribution in [0.15, 0.2) is 47.8 Å². The number of rotatable bonds is 3. The minimum absolute atomic E-state index is 0.187. The van der Waals surface area contributed by atoms with E-state index in [0.717, 1.165) is 11.8 Å². The lowest BCUT2D eigenvalue weighted by atomic mass is 9.80. The molecule has 2 nitrogen and oxygen atoms in total. The third-order valence-electron chi connectivity index (χ3n) is 8.25. The lowest BCUT2D eigenvalue weighted by molar-refractivity contribution is 0.0695. The summed E-state index contributed by atoms with van der Waals surface area (Å²) in [6, 6.07) is 9.01. The SMILES string of the molecule is CC1=C2C=CC(C)(C3CCCC3)N2C(C2CCCCC2)N1c1ccccc1C. The number of benzene rings is 1. The molecular formula is C26H36N2. The smallest absolute Gasteiger partial charge is 0.110 e. The summed E-state index contributed by atoms with van der Waals surface area (Å²) in [4.78, 5) is 5.60. The van der Waals surface area contributed by atoms with Crippen molar-refractivity contribution >= 4 is 5.69 Å². The Bertz CT molecular complexity index is 794. The molecule has 4 aliphatic rings. The predicted molar refractivity (Wildman–Crippen MR) is 118 cm³/mol. The molecule has 1 aromatic rings. The lowest BCUT2D eigenvalue weighted by Gasteiger charge is -2.49. The predicted octanol–water partition coefficient (Wildman–Crippen LogP) is 6.77. The van der Waals surface area contributed by atoms with Gasteiger partial charge in [-0.1, -0.05) is 56.4 Å². The van der Waals surface area contributed by atoms with Gasteiger partial charge in [0.1, 0.15) is 6.17 Å². The lowest BCUT2D eigenvalue weighted by Crippen LogP contribution is -2.56. The standard InChI is InChI=1S/C26H36N2/c1-19-11-7-10-16-23(19)27-20(2)24-17-18-26(3,22-14-8-9-15-22)28(24)25(27)21-12-5-4-6-13-21/h7,10-11,16-18,21-22,25H,4-6,8-9,12-15H2,1-3H3. The van der Waals surface area contributed by atoms with Crippen molar-refractivity contribution in [2.24, 2.45) is 11.8 Å². The molecule has 5 rings (SSSR count). The zero-order chi connectivity index (χ0) is 19.3. The van der Waals surface area contributed by atoms with E-state index in [4.69, 9.17) is 0 Å². The Kier molecular flexibility index (Phi) is 4.56. The van der Waals surface area contributed by atoms with Gasteiger partial charge in [0, 0.05) is 11.4 Å². The van der Waals surface area contributed by atoms with Gasteiger partial charge in [-0.15, -0.1) is 0 Å². The van der Waals surface area contributed by atoms with Gasteiger partial charge in [0.05, 0.1) is 11.2 Å². The molecule has 2 saturated carbocycles. The summed E-state index contributed by atoms with van der Waals surface area (Å²) in [5.41, 5.74) is 5.96. The highest BCUT2D eigenvalue weighted by molar-refractivity contribution is 5.63. The van der Waals surface area contributed by atoms with E-state index in [1.807, 2.05) is 0 Å². The Morgan fingerprint density at radius 2 is 1.57 bits per heavy atom. The summed E-state index contributed by atoms with van der Waals surface area (Å²) in [6.07, 6.45) is 18.1. The minimum atomic E-state index is 0.187. The van der Waals surface area contributed by atoms with Crippen LogP contribution in [0, 0.1) is 18.8 Å². The number of fused-ring (bicyclic) bond motifs is 1. The Morgan fingerprint density at radius 3 is 2.29 bits per heavy atom. The normalized spacial score (nSPS) is 31.3. The monoisotopic (exact) mass is 376 g/mol. The second kappa shape index (κ2) is 6.97. The van der Waals surface area contributed by atoms with E-state index in [-0.39, 0.29) is 5.54 Å². The molecular weight excluding hydrogens is 340 g/mol. The van der Waals surface area contributed by atoms with Crippen molar-refractivity contribution in [3.05, 3.63) is 53.4 Å². The molecule has 1 aromatic carbocycles. The Labute approximate surface area is 171 Å². The summed E-state index contributed by atoms with van der Waals surface area (Å²) in [7, 11) is 0. The van der Waals surface area contributed by atoms with E-state index in [1.165, 1.54) is 80.4 Å². The Balaban J connectivity index is 1.61. The van der Waals surface area contributed by atoms with Gasteiger partial charge in [0.25, 0.3) is 0 Å². The van der Waals surface area contributed by atoms with Gasteiger partial charge in [-0.2, -0.15) is 0 Å². The van der Waals surface area contributed by atoms with Crippen LogP contribution < -0.4 is 4.90 Å². The zero-order valence-corrected chi connectivity index (χ0v) is 18.0. The summed E-state index contributed by atoms with van der Waals surface area (Å²) in [5, 5.41) is 0. The van der Waals surface area contributed by atoms with Crippen molar-refractivity contribution in [2.75, 3.05) is 4.90 Å². The number of nitrogens with zero attached hydrogens (tertiary/aromatic N) is 2. The quantitative estimate of drug-likeness (QED) is 0.574. The molecule has 150 valence electrons. The topological polar surface area (TPSA) is 6.48 Å². The second-order valence-corrected chi connectivity index (χ2v) is 9.85. The molecule has 0 radical (unpaired) electrons. The first kappa shape index (κ1) is 18.3. The molecule has 2 atom stereocenters. The van der Waals surface area contributed by atoms with Crippen LogP contribution in [-0.4, -0.2) is 16.6 Å². The first-order valence-electron chi connectivity index (χ1n) is 11.7. The van der Waals surface area contributed by atoms with E-state index < -0.39 is 0 Å². The van der Waals surface area contributed by atoms with Crippen LogP contribution >= 0.6 is 0 Å². The van der Waals surface area contributed by atoms with Crippen molar-refractivity contribution in [2.45, 2.75) is 90.3 Å². The maximum absolute atomic E-state index is 2.88. The van der Waals surface area contributed by atoms with Crippen molar-refractivity contribution in [1.82, 2.24) is 4.90 Å². The second-order valence-electron chi connectivity index (χ2n) is 9.85. The molecule has 0 aromatic heterocycles. The van der Waals surface area contributed by atoms with E-state index in [2.05, 4.69) is 67.0 Å². The highest BCUT2D eigenvalue weighted by atomic mass is 15.5. The maximum atomic E-state index is 2.88. The van der Waals surface area contributed by atoms with Gasteiger partial charge < -0.3 is 9.80 Å². The van der Waals surface area contributed by atoms with Gasteiger partial charge >= 0.3 is 0 Å². The minimum Gasteiger partial charge on any atom is -0.340 e. The fourth-order valence-electron chi connectivity index (χ4n) is 6.68. The first-order valence-corrected chi connectivity index (χ1v) is 11.7. The van der Waals surface area contributed by atoms with Crippen molar-refractivity contribution < 1.29 is 0 Å². The van der Waals surface area contributed by atoms with E-state index in [1.54, 1.807) is 0 Å². The van der Waals surface area contributed by atoms with Crippen LogP contribution in [0.1, 0.15) is 77.2 Å². The maximum Gasteiger partial charge on any atom is 0.110 e. The van der Waals surface area contributed by atoms with Gasteiger partial charge in [0.2, 0.25) is 0 Å². The largest absolute Gasteiger partial charge is 0.340 e. The van der Waals surface area contributed by atoms with Crippen LogP contribution in [-0.2, 0) is 0 Å². The highest BCUT2D eigenvalue weighted by Gasteiger charge is 2.53. The number of aryl methyl sites for hydroxylation is 1. The van der Waals surface area contributed by atoms with Gasteiger partial charge in [-0.3, -0.25) is 0 Å². The molecule has 2 heteroatoms. The van der Waals surface area contributed by atoms with E-state index in [9.17, 15) is 0 Å². The summed E-state index contributed by atoms with van der Waals surface area (Å²) < 4.78 is 0. The summed E-state index contributed by atoms with van der Waals surface area (Å²) in [5.74, 6) is 1.57. The fourth-order valence-corrected chi connectivity index (χ4v) is 6.68. The molecule has 0 saturated heterocycles. The van der Waals surface area contributed by atoms with E-state index >= 15 is 0 Å². The summed E-state index contributed by atoms with van der Waals surface area (Å²) >= 11 is 0. The molecule has 0 N–H and O–H groups in total.